The highest BCUT2D eigenvalue weighted by molar-refractivity contribution is 5.96. The maximum absolute atomic E-state index is 13.6. The number of amides is 1. The SMILES string of the molecule is C/C=C\C=C(/C)C(c1ccccc1)[C@H]1CN([C@H](C)C(F)(F)F)C(=O)c2c(O)c(=O)cnn21. The number of hydrogen-bond acceptors (Lipinski definition) is 4. The van der Waals surface area contributed by atoms with E-state index in [9.17, 15) is 27.9 Å². The zero-order chi connectivity index (χ0) is 23.6. The van der Waals surface area contributed by atoms with Crippen LogP contribution in [-0.4, -0.2) is 44.5 Å². The number of hydrogen-bond donors (Lipinski definition) is 1. The first kappa shape index (κ1) is 23.3. The van der Waals surface area contributed by atoms with Gasteiger partial charge in [-0.25, -0.2) is 0 Å². The number of benzene rings is 1. The molecular weight excluding hydrogens is 423 g/mol. The van der Waals surface area contributed by atoms with Crippen molar-refractivity contribution >= 4 is 5.91 Å². The lowest BCUT2D eigenvalue weighted by Gasteiger charge is -2.42. The van der Waals surface area contributed by atoms with Crippen LogP contribution in [-0.2, 0) is 0 Å². The second kappa shape index (κ2) is 9.02. The maximum atomic E-state index is 13.6. The maximum Gasteiger partial charge on any atom is 0.408 e. The molecule has 9 heteroatoms. The molecule has 0 saturated carbocycles. The van der Waals surface area contributed by atoms with Gasteiger partial charge in [-0.3, -0.25) is 14.3 Å². The average molecular weight is 447 g/mol. The number of rotatable bonds is 5. The van der Waals surface area contributed by atoms with Crippen molar-refractivity contribution in [1.29, 1.82) is 0 Å². The number of aromatic nitrogens is 2. The summed E-state index contributed by atoms with van der Waals surface area (Å²) < 4.78 is 41.9. The van der Waals surface area contributed by atoms with E-state index < -0.39 is 47.0 Å². The fourth-order valence-corrected chi connectivity index (χ4v) is 3.97. The van der Waals surface area contributed by atoms with Gasteiger partial charge in [0.25, 0.3) is 5.91 Å². The van der Waals surface area contributed by atoms with Crippen molar-refractivity contribution in [2.45, 2.75) is 44.9 Å². The van der Waals surface area contributed by atoms with Gasteiger partial charge in [0, 0.05) is 12.5 Å². The molecule has 170 valence electrons. The molecule has 2 aromatic rings. The Labute approximate surface area is 183 Å². The van der Waals surface area contributed by atoms with Crippen molar-refractivity contribution in [3.8, 4) is 5.75 Å². The monoisotopic (exact) mass is 447 g/mol. The molecule has 1 aromatic heterocycles. The Bertz CT molecular complexity index is 1110. The molecule has 0 fully saturated rings. The van der Waals surface area contributed by atoms with Gasteiger partial charge in [-0.05, 0) is 26.3 Å². The quantitative estimate of drug-likeness (QED) is 0.697. The molecule has 0 spiro atoms. The lowest BCUT2D eigenvalue weighted by atomic mass is 9.83. The summed E-state index contributed by atoms with van der Waals surface area (Å²) in [6.07, 6.45) is 1.66. The molecule has 3 atom stereocenters. The van der Waals surface area contributed by atoms with Gasteiger partial charge >= 0.3 is 6.18 Å². The van der Waals surface area contributed by atoms with Crippen molar-refractivity contribution in [1.82, 2.24) is 14.7 Å². The van der Waals surface area contributed by atoms with E-state index in [0.717, 1.165) is 24.3 Å². The summed E-state index contributed by atoms with van der Waals surface area (Å²) >= 11 is 0. The number of carbonyl (C=O) groups is 1. The minimum Gasteiger partial charge on any atom is -0.502 e. The van der Waals surface area contributed by atoms with Gasteiger partial charge in [0.1, 0.15) is 6.04 Å². The summed E-state index contributed by atoms with van der Waals surface area (Å²) in [6.45, 7) is 4.26. The molecule has 1 aliphatic rings. The van der Waals surface area contributed by atoms with Crippen LogP contribution in [0.1, 0.15) is 48.8 Å². The third kappa shape index (κ3) is 4.32. The lowest BCUT2D eigenvalue weighted by molar-refractivity contribution is -0.174. The summed E-state index contributed by atoms with van der Waals surface area (Å²) in [6, 6.07) is 6.23. The average Bonchev–Trinajstić information content (AvgIpc) is 2.75. The summed E-state index contributed by atoms with van der Waals surface area (Å²) in [7, 11) is 0. The van der Waals surface area contributed by atoms with Crippen LogP contribution >= 0.6 is 0 Å². The van der Waals surface area contributed by atoms with Crippen LogP contribution in [0.5, 0.6) is 5.75 Å². The van der Waals surface area contributed by atoms with Gasteiger partial charge < -0.3 is 10.0 Å². The molecule has 1 N–H and O–H groups in total. The lowest BCUT2D eigenvalue weighted by Crippen LogP contribution is -2.54. The normalized spacial score (nSPS) is 19.2. The van der Waals surface area contributed by atoms with Crippen LogP contribution in [0.25, 0.3) is 0 Å². The number of fused-ring (bicyclic) bond motifs is 1. The Morgan fingerprint density at radius 3 is 2.50 bits per heavy atom. The van der Waals surface area contributed by atoms with E-state index in [1.165, 1.54) is 4.68 Å². The summed E-state index contributed by atoms with van der Waals surface area (Å²) in [5.74, 6) is -2.47. The fourth-order valence-electron chi connectivity index (χ4n) is 3.97. The first-order valence-corrected chi connectivity index (χ1v) is 10.1. The van der Waals surface area contributed by atoms with Gasteiger partial charge in [0.2, 0.25) is 5.43 Å². The second-order valence-electron chi connectivity index (χ2n) is 7.72. The fraction of sp³-hybridized carbons (Fsp3) is 0.348. The van der Waals surface area contributed by atoms with E-state index in [-0.39, 0.29) is 6.54 Å². The minimum absolute atomic E-state index is 0.303. The second-order valence-corrected chi connectivity index (χ2v) is 7.72. The van der Waals surface area contributed by atoms with Crippen molar-refractivity contribution in [2.75, 3.05) is 6.54 Å². The number of halogens is 3. The molecule has 0 aliphatic carbocycles. The van der Waals surface area contributed by atoms with Crippen LogP contribution in [0.2, 0.25) is 0 Å². The highest BCUT2D eigenvalue weighted by Crippen LogP contribution is 2.41. The van der Waals surface area contributed by atoms with Crippen molar-refractivity contribution < 1.29 is 23.1 Å². The van der Waals surface area contributed by atoms with E-state index in [1.54, 1.807) is 0 Å². The molecule has 0 saturated heterocycles. The van der Waals surface area contributed by atoms with Crippen LogP contribution in [0.4, 0.5) is 13.2 Å². The molecule has 1 unspecified atom stereocenters. The zero-order valence-electron chi connectivity index (χ0n) is 17.9. The van der Waals surface area contributed by atoms with Crippen LogP contribution in [0.3, 0.4) is 0 Å². The Balaban J connectivity index is 2.26. The predicted octanol–water partition coefficient (Wildman–Crippen LogP) is 4.20. The van der Waals surface area contributed by atoms with E-state index in [1.807, 2.05) is 62.4 Å². The van der Waals surface area contributed by atoms with E-state index in [4.69, 9.17) is 0 Å². The highest BCUT2D eigenvalue weighted by Gasteiger charge is 2.48. The summed E-state index contributed by atoms with van der Waals surface area (Å²) in [5.41, 5.74) is 0.154. The third-order valence-electron chi connectivity index (χ3n) is 5.67. The first-order chi connectivity index (χ1) is 15.1. The molecule has 1 aromatic carbocycles. The van der Waals surface area contributed by atoms with Crippen molar-refractivity contribution in [3.05, 3.63) is 81.8 Å². The Morgan fingerprint density at radius 1 is 1.25 bits per heavy atom. The number of nitrogens with zero attached hydrogens (tertiary/aromatic N) is 3. The Hall–Kier alpha value is -3.36. The van der Waals surface area contributed by atoms with Gasteiger partial charge in [-0.15, -0.1) is 0 Å². The van der Waals surface area contributed by atoms with E-state index in [2.05, 4.69) is 5.10 Å². The molecule has 0 bridgehead atoms. The van der Waals surface area contributed by atoms with E-state index >= 15 is 0 Å². The smallest absolute Gasteiger partial charge is 0.408 e. The van der Waals surface area contributed by atoms with Gasteiger partial charge in [-0.1, -0.05) is 54.1 Å². The standard InChI is InChI=1S/C23H24F3N3O3/c1-4-5-9-14(2)19(16-10-7-6-8-11-16)17-13-28(15(3)23(24,25)26)22(32)20-21(31)18(30)12-27-29(17)20/h4-12,15,17,19,31H,13H2,1-3H3/b5-4-,14-9+/t15-,17-,19?/m1/s1. The van der Waals surface area contributed by atoms with Crippen LogP contribution in [0.15, 0.2) is 65.1 Å². The third-order valence-corrected chi connectivity index (χ3v) is 5.67. The highest BCUT2D eigenvalue weighted by atomic mass is 19.4. The van der Waals surface area contributed by atoms with Gasteiger partial charge in [0.05, 0.1) is 12.2 Å². The zero-order valence-corrected chi connectivity index (χ0v) is 17.9. The molecular formula is C23H24F3N3O3. The summed E-state index contributed by atoms with van der Waals surface area (Å²) in [4.78, 5) is 25.6. The largest absolute Gasteiger partial charge is 0.502 e. The Morgan fingerprint density at radius 2 is 1.91 bits per heavy atom. The van der Waals surface area contributed by atoms with Crippen LogP contribution in [0, 0.1) is 0 Å². The first-order valence-electron chi connectivity index (χ1n) is 10.1. The molecule has 0 radical (unpaired) electrons. The molecule has 32 heavy (non-hydrogen) atoms. The van der Waals surface area contributed by atoms with Gasteiger partial charge in [-0.2, -0.15) is 18.3 Å². The molecule has 1 amide bonds. The minimum atomic E-state index is -4.68. The molecule has 1 aliphatic heterocycles. The van der Waals surface area contributed by atoms with E-state index in [0.29, 0.717) is 4.90 Å². The number of aromatic hydroxyl groups is 1. The number of allylic oxidation sites excluding steroid dienone is 4. The molecule has 2 heterocycles. The number of carbonyl (C=O) groups excluding carboxylic acids is 1. The van der Waals surface area contributed by atoms with Gasteiger partial charge in [0.15, 0.2) is 11.4 Å². The van der Waals surface area contributed by atoms with Crippen LogP contribution < -0.4 is 5.43 Å². The molecule has 3 rings (SSSR count). The Kier molecular flexibility index (Phi) is 6.57. The predicted molar refractivity (Wildman–Crippen MR) is 114 cm³/mol. The van der Waals surface area contributed by atoms with Crippen molar-refractivity contribution in [2.24, 2.45) is 0 Å². The summed E-state index contributed by atoms with van der Waals surface area (Å²) in [5, 5.41) is 14.4. The topological polar surface area (TPSA) is 75.4 Å². The van der Waals surface area contributed by atoms with Crippen molar-refractivity contribution in [3.63, 3.8) is 0 Å². The molecule has 6 nitrogen and oxygen atoms in total. The number of alkyl halides is 3.